The van der Waals surface area contributed by atoms with E-state index in [1.54, 1.807) is 7.11 Å². The first-order valence-corrected chi connectivity index (χ1v) is 16.0. The number of halogens is 1. The summed E-state index contributed by atoms with van der Waals surface area (Å²) in [4.78, 5) is 9.90. The number of nitrogens with zero attached hydrogens (tertiary/aromatic N) is 2. The van der Waals surface area contributed by atoms with Gasteiger partial charge in [-0.15, -0.1) is 0 Å². The molecule has 2 N–H and O–H groups in total. The normalized spacial score (nSPS) is 12.6. The molecule has 228 valence electrons. The lowest BCUT2D eigenvalue weighted by Gasteiger charge is -2.17. The standard InChI is InChI=1S/C39H39ClN4O/c1-26(31-12-4-6-14-33(31)40)19-23-42-36-25-30(24-29-11-9-21-43-38(29)36)34-18-17-28-10-8-15-35(39(28)44-34)41-22-20-27(2)32-13-5-7-16-37(32)45-3/h4-18,21,24-27,41-42H,19-20,22-23H2,1-3H3. The lowest BCUT2D eigenvalue weighted by atomic mass is 9.97. The molecule has 0 amide bonds. The predicted molar refractivity (Wildman–Crippen MR) is 190 cm³/mol. The second kappa shape index (κ2) is 14.0. The highest BCUT2D eigenvalue weighted by molar-refractivity contribution is 6.31. The third-order valence-corrected chi connectivity index (χ3v) is 8.96. The summed E-state index contributed by atoms with van der Waals surface area (Å²) in [7, 11) is 1.73. The number of anilines is 2. The quantitative estimate of drug-likeness (QED) is 0.144. The zero-order valence-corrected chi connectivity index (χ0v) is 26.8. The molecular weight excluding hydrogens is 576 g/mol. The minimum absolute atomic E-state index is 0.333. The molecule has 6 heteroatoms. The van der Waals surface area contributed by atoms with Crippen molar-refractivity contribution in [3.63, 3.8) is 0 Å². The maximum atomic E-state index is 6.47. The number of nitrogens with one attached hydrogen (secondary N) is 2. The van der Waals surface area contributed by atoms with E-state index in [2.05, 4.69) is 91.2 Å². The number of para-hydroxylation sites is 2. The topological polar surface area (TPSA) is 59.1 Å². The summed E-state index contributed by atoms with van der Waals surface area (Å²) in [6.07, 6.45) is 3.76. The molecule has 45 heavy (non-hydrogen) atoms. The van der Waals surface area contributed by atoms with Crippen molar-refractivity contribution in [3.05, 3.63) is 125 Å². The van der Waals surface area contributed by atoms with Crippen LogP contribution in [0, 0.1) is 0 Å². The summed E-state index contributed by atoms with van der Waals surface area (Å²) in [5, 5.41) is 10.3. The van der Waals surface area contributed by atoms with Crippen LogP contribution in [-0.4, -0.2) is 30.2 Å². The van der Waals surface area contributed by atoms with Crippen molar-refractivity contribution in [1.29, 1.82) is 0 Å². The molecule has 0 aliphatic carbocycles. The first kappa shape index (κ1) is 30.4. The van der Waals surface area contributed by atoms with Gasteiger partial charge in [-0.25, -0.2) is 4.98 Å². The van der Waals surface area contributed by atoms with Crippen LogP contribution in [0.25, 0.3) is 33.1 Å². The fraction of sp³-hybridized carbons (Fsp3) is 0.231. The molecule has 0 saturated carbocycles. The maximum absolute atomic E-state index is 6.47. The molecule has 0 bridgehead atoms. The molecule has 6 rings (SSSR count). The summed E-state index contributed by atoms with van der Waals surface area (Å²) in [5.41, 5.74) is 8.36. The van der Waals surface area contributed by atoms with Gasteiger partial charge in [0.15, 0.2) is 0 Å². The van der Waals surface area contributed by atoms with Crippen molar-refractivity contribution in [1.82, 2.24) is 9.97 Å². The Hall–Kier alpha value is -4.61. The van der Waals surface area contributed by atoms with E-state index in [0.717, 1.165) is 81.1 Å². The first-order valence-electron chi connectivity index (χ1n) is 15.7. The Labute approximate surface area is 270 Å². The van der Waals surface area contributed by atoms with Gasteiger partial charge in [0.1, 0.15) is 5.75 Å². The van der Waals surface area contributed by atoms with Crippen molar-refractivity contribution in [2.75, 3.05) is 30.8 Å². The Balaban J connectivity index is 1.22. The molecular formula is C39H39ClN4O. The molecule has 0 aliphatic rings. The summed E-state index contributed by atoms with van der Waals surface area (Å²) >= 11 is 6.47. The van der Waals surface area contributed by atoms with Gasteiger partial charge in [-0.3, -0.25) is 4.98 Å². The number of ether oxygens (including phenoxy) is 1. The van der Waals surface area contributed by atoms with Gasteiger partial charge in [-0.2, -0.15) is 0 Å². The van der Waals surface area contributed by atoms with E-state index in [-0.39, 0.29) is 0 Å². The zero-order valence-electron chi connectivity index (χ0n) is 26.1. The van der Waals surface area contributed by atoms with E-state index in [1.807, 2.05) is 42.6 Å². The molecule has 2 unspecified atom stereocenters. The molecule has 0 radical (unpaired) electrons. The van der Waals surface area contributed by atoms with E-state index in [1.165, 1.54) is 11.1 Å². The highest BCUT2D eigenvalue weighted by atomic mass is 35.5. The second-order valence-electron chi connectivity index (χ2n) is 11.7. The smallest absolute Gasteiger partial charge is 0.122 e. The fourth-order valence-electron chi connectivity index (χ4n) is 6.03. The van der Waals surface area contributed by atoms with E-state index < -0.39 is 0 Å². The van der Waals surface area contributed by atoms with E-state index in [9.17, 15) is 0 Å². The molecule has 6 aromatic rings. The lowest BCUT2D eigenvalue weighted by molar-refractivity contribution is 0.405. The summed E-state index contributed by atoms with van der Waals surface area (Å²) in [6.45, 7) is 6.09. The fourth-order valence-corrected chi connectivity index (χ4v) is 6.35. The lowest BCUT2D eigenvalue weighted by Crippen LogP contribution is -2.08. The number of methoxy groups -OCH3 is 1. The molecule has 0 fully saturated rings. The third-order valence-electron chi connectivity index (χ3n) is 8.61. The average Bonchev–Trinajstić information content (AvgIpc) is 3.08. The highest BCUT2D eigenvalue weighted by Gasteiger charge is 2.14. The number of hydrogen-bond acceptors (Lipinski definition) is 5. The van der Waals surface area contributed by atoms with Crippen LogP contribution in [0.1, 0.15) is 49.7 Å². The van der Waals surface area contributed by atoms with Gasteiger partial charge in [-0.1, -0.05) is 86.1 Å². The molecule has 2 aromatic heterocycles. The van der Waals surface area contributed by atoms with Crippen LogP contribution in [0.2, 0.25) is 5.02 Å². The van der Waals surface area contributed by atoms with Gasteiger partial charge in [0.25, 0.3) is 0 Å². The van der Waals surface area contributed by atoms with Gasteiger partial charge in [0.2, 0.25) is 0 Å². The molecule has 5 nitrogen and oxygen atoms in total. The first-order chi connectivity index (χ1) is 22.0. The molecule has 0 spiro atoms. The number of benzene rings is 4. The molecule has 0 aliphatic heterocycles. The molecule has 4 aromatic carbocycles. The van der Waals surface area contributed by atoms with E-state index >= 15 is 0 Å². The second-order valence-corrected chi connectivity index (χ2v) is 12.1. The van der Waals surface area contributed by atoms with Crippen LogP contribution in [0.4, 0.5) is 11.4 Å². The maximum Gasteiger partial charge on any atom is 0.122 e. The van der Waals surface area contributed by atoms with Crippen LogP contribution in [0.15, 0.2) is 109 Å². The Bertz CT molecular complexity index is 1920. The Morgan fingerprint density at radius 2 is 1.40 bits per heavy atom. The van der Waals surface area contributed by atoms with Crippen LogP contribution in [0.5, 0.6) is 5.75 Å². The Kier molecular flexibility index (Phi) is 9.46. The minimum Gasteiger partial charge on any atom is -0.496 e. The van der Waals surface area contributed by atoms with Gasteiger partial charge < -0.3 is 15.4 Å². The van der Waals surface area contributed by atoms with Crippen molar-refractivity contribution in [3.8, 4) is 17.0 Å². The van der Waals surface area contributed by atoms with Crippen molar-refractivity contribution >= 4 is 44.8 Å². The SMILES string of the molecule is COc1ccccc1C(C)CCNc1cccc2ccc(-c3cc(NCCC(C)c4ccccc4Cl)c4ncccc4c3)nc12. The van der Waals surface area contributed by atoms with Crippen LogP contribution in [0.3, 0.4) is 0 Å². The molecule has 2 heterocycles. The third kappa shape index (κ3) is 6.89. The van der Waals surface area contributed by atoms with Crippen molar-refractivity contribution < 1.29 is 4.74 Å². The summed E-state index contributed by atoms with van der Waals surface area (Å²) in [5.74, 6) is 1.63. The summed E-state index contributed by atoms with van der Waals surface area (Å²) in [6, 6.07) is 35.4. The average molecular weight is 615 g/mol. The van der Waals surface area contributed by atoms with Crippen LogP contribution < -0.4 is 15.4 Å². The zero-order chi connectivity index (χ0) is 31.2. The molecule has 2 atom stereocenters. The van der Waals surface area contributed by atoms with E-state index in [4.69, 9.17) is 26.3 Å². The number of aromatic nitrogens is 2. The molecule has 0 saturated heterocycles. The highest BCUT2D eigenvalue weighted by Crippen LogP contribution is 2.33. The van der Waals surface area contributed by atoms with Crippen molar-refractivity contribution in [2.24, 2.45) is 0 Å². The number of fused-ring (bicyclic) bond motifs is 2. The minimum atomic E-state index is 0.333. The van der Waals surface area contributed by atoms with E-state index in [0.29, 0.717) is 11.8 Å². The Morgan fingerprint density at radius 1 is 0.689 bits per heavy atom. The predicted octanol–water partition coefficient (Wildman–Crippen LogP) is 10.3. The number of rotatable bonds is 12. The van der Waals surface area contributed by atoms with Gasteiger partial charge >= 0.3 is 0 Å². The van der Waals surface area contributed by atoms with Crippen LogP contribution in [-0.2, 0) is 0 Å². The van der Waals surface area contributed by atoms with Gasteiger partial charge in [-0.05, 0) is 78.3 Å². The number of hydrogen-bond donors (Lipinski definition) is 2. The van der Waals surface area contributed by atoms with Crippen molar-refractivity contribution in [2.45, 2.75) is 38.5 Å². The number of pyridine rings is 2. The summed E-state index contributed by atoms with van der Waals surface area (Å²) < 4.78 is 5.59. The van der Waals surface area contributed by atoms with Gasteiger partial charge in [0, 0.05) is 40.6 Å². The Morgan fingerprint density at radius 3 is 2.20 bits per heavy atom. The largest absolute Gasteiger partial charge is 0.496 e. The monoisotopic (exact) mass is 614 g/mol. The van der Waals surface area contributed by atoms with Crippen LogP contribution >= 0.6 is 11.6 Å². The van der Waals surface area contributed by atoms with Gasteiger partial charge in [0.05, 0.1) is 35.2 Å².